The van der Waals surface area contributed by atoms with Crippen molar-refractivity contribution in [3.8, 4) is 0 Å². The van der Waals surface area contributed by atoms with Crippen LogP contribution in [0, 0.1) is 5.92 Å². The van der Waals surface area contributed by atoms with Gasteiger partial charge in [0, 0.05) is 18.5 Å². The number of fused-ring (bicyclic) bond motifs is 1. The zero-order valence-electron chi connectivity index (χ0n) is 12.3. The van der Waals surface area contributed by atoms with E-state index in [1.54, 1.807) is 4.90 Å². The Morgan fingerprint density at radius 2 is 1.90 bits per heavy atom. The van der Waals surface area contributed by atoms with Gasteiger partial charge in [-0.2, -0.15) is 0 Å². The van der Waals surface area contributed by atoms with Crippen molar-refractivity contribution in [2.24, 2.45) is 11.7 Å². The first kappa shape index (κ1) is 14.1. The number of anilines is 1. The van der Waals surface area contributed by atoms with Crippen LogP contribution >= 0.6 is 0 Å². The molecular formula is C17H22N2O2. The van der Waals surface area contributed by atoms with Crippen molar-refractivity contribution in [1.82, 2.24) is 0 Å². The van der Waals surface area contributed by atoms with Crippen LogP contribution in [0.4, 0.5) is 5.69 Å². The van der Waals surface area contributed by atoms with E-state index in [9.17, 15) is 9.59 Å². The highest BCUT2D eigenvalue weighted by atomic mass is 16.2. The van der Waals surface area contributed by atoms with E-state index in [-0.39, 0.29) is 5.91 Å². The predicted molar refractivity (Wildman–Crippen MR) is 81.8 cm³/mol. The molecule has 1 aliphatic carbocycles. The van der Waals surface area contributed by atoms with E-state index < -0.39 is 11.9 Å². The minimum atomic E-state index is -0.515. The summed E-state index contributed by atoms with van der Waals surface area (Å²) >= 11 is 0. The third-order valence-electron chi connectivity index (χ3n) is 4.81. The minimum absolute atomic E-state index is 0.0376. The van der Waals surface area contributed by atoms with Gasteiger partial charge in [0.1, 0.15) is 6.04 Å². The number of para-hydroxylation sites is 1. The molecule has 1 aromatic rings. The van der Waals surface area contributed by atoms with Crippen LogP contribution in [-0.2, 0) is 16.0 Å². The average Bonchev–Trinajstić information content (AvgIpc) is 3.11. The molecule has 0 unspecified atom stereocenters. The van der Waals surface area contributed by atoms with E-state index >= 15 is 0 Å². The molecule has 1 aliphatic heterocycles. The lowest BCUT2D eigenvalue weighted by atomic mass is 10.0. The number of benzene rings is 1. The molecule has 0 spiro atoms. The lowest BCUT2D eigenvalue weighted by Crippen LogP contribution is -2.46. The largest absolute Gasteiger partial charge is 0.368 e. The van der Waals surface area contributed by atoms with E-state index in [4.69, 9.17) is 5.73 Å². The molecule has 2 amide bonds. The van der Waals surface area contributed by atoms with Gasteiger partial charge in [0.05, 0.1) is 0 Å². The van der Waals surface area contributed by atoms with Gasteiger partial charge in [0.2, 0.25) is 11.8 Å². The van der Waals surface area contributed by atoms with Crippen molar-refractivity contribution in [2.45, 2.75) is 51.0 Å². The minimum Gasteiger partial charge on any atom is -0.368 e. The second-order valence-corrected chi connectivity index (χ2v) is 6.20. The van der Waals surface area contributed by atoms with Gasteiger partial charge in [-0.05, 0) is 24.0 Å². The molecule has 1 fully saturated rings. The molecule has 1 aromatic carbocycles. The van der Waals surface area contributed by atoms with E-state index in [1.165, 1.54) is 25.7 Å². The van der Waals surface area contributed by atoms with Gasteiger partial charge in [-0.1, -0.05) is 43.9 Å². The molecule has 2 aliphatic rings. The van der Waals surface area contributed by atoms with Crippen LogP contribution in [0.15, 0.2) is 24.3 Å². The predicted octanol–water partition coefficient (Wildman–Crippen LogP) is 2.40. The van der Waals surface area contributed by atoms with Crippen LogP contribution in [0.25, 0.3) is 0 Å². The SMILES string of the molecule is NC(=O)[C@@H]1Cc2ccccc2N1C(=O)CCC1CCCC1. The van der Waals surface area contributed by atoms with Crippen molar-refractivity contribution in [3.05, 3.63) is 29.8 Å². The van der Waals surface area contributed by atoms with Crippen molar-refractivity contribution in [3.63, 3.8) is 0 Å². The summed E-state index contributed by atoms with van der Waals surface area (Å²) in [6.07, 6.45) is 7.04. The van der Waals surface area contributed by atoms with Gasteiger partial charge in [-0.25, -0.2) is 0 Å². The van der Waals surface area contributed by atoms with Gasteiger partial charge in [-0.15, -0.1) is 0 Å². The molecule has 0 aromatic heterocycles. The maximum absolute atomic E-state index is 12.6. The van der Waals surface area contributed by atoms with Crippen LogP contribution in [0.1, 0.15) is 44.1 Å². The van der Waals surface area contributed by atoms with Crippen LogP contribution in [0.3, 0.4) is 0 Å². The second-order valence-electron chi connectivity index (χ2n) is 6.20. The Bertz CT molecular complexity index is 549. The number of nitrogens with zero attached hydrogens (tertiary/aromatic N) is 1. The fourth-order valence-corrected chi connectivity index (χ4v) is 3.67. The van der Waals surface area contributed by atoms with E-state index in [1.807, 2.05) is 24.3 Å². The Kier molecular flexibility index (Phi) is 3.95. The first-order valence-corrected chi connectivity index (χ1v) is 7.86. The monoisotopic (exact) mass is 286 g/mol. The highest BCUT2D eigenvalue weighted by Gasteiger charge is 2.36. The number of hydrogen-bond acceptors (Lipinski definition) is 2. The van der Waals surface area contributed by atoms with E-state index in [0.717, 1.165) is 17.7 Å². The Hall–Kier alpha value is -1.84. The summed E-state index contributed by atoms with van der Waals surface area (Å²) < 4.78 is 0. The quantitative estimate of drug-likeness (QED) is 0.923. The summed E-state index contributed by atoms with van der Waals surface area (Å²) in [6, 6.07) is 7.20. The third-order valence-corrected chi connectivity index (χ3v) is 4.81. The molecule has 1 saturated carbocycles. The average molecular weight is 286 g/mol. The molecule has 1 atom stereocenters. The molecular weight excluding hydrogens is 264 g/mol. The standard InChI is InChI=1S/C17H22N2O2/c18-17(21)15-11-13-7-3-4-8-14(13)19(15)16(20)10-9-12-5-1-2-6-12/h3-4,7-8,12,15H,1-2,5-6,9-11H2,(H2,18,21)/t15-/m0/s1. The van der Waals surface area contributed by atoms with Gasteiger partial charge in [0.15, 0.2) is 0 Å². The van der Waals surface area contributed by atoms with Gasteiger partial charge >= 0.3 is 0 Å². The van der Waals surface area contributed by atoms with Gasteiger partial charge in [-0.3, -0.25) is 14.5 Å². The summed E-state index contributed by atoms with van der Waals surface area (Å²) in [5.74, 6) is 0.301. The van der Waals surface area contributed by atoms with E-state index in [0.29, 0.717) is 18.8 Å². The number of carbonyl (C=O) groups is 2. The lowest BCUT2D eigenvalue weighted by molar-refractivity contribution is -0.124. The number of hydrogen-bond donors (Lipinski definition) is 1. The van der Waals surface area contributed by atoms with Gasteiger partial charge < -0.3 is 5.73 Å². The summed E-state index contributed by atoms with van der Waals surface area (Å²) in [4.78, 5) is 25.9. The van der Waals surface area contributed by atoms with Crippen LogP contribution in [-0.4, -0.2) is 17.9 Å². The molecule has 3 rings (SSSR count). The Labute approximate surface area is 125 Å². The number of carbonyl (C=O) groups excluding carboxylic acids is 2. The molecule has 2 N–H and O–H groups in total. The van der Waals surface area contributed by atoms with Crippen molar-refractivity contribution >= 4 is 17.5 Å². The number of primary amides is 1. The summed E-state index contributed by atoms with van der Waals surface area (Å²) in [5, 5.41) is 0. The number of nitrogens with two attached hydrogens (primary N) is 1. The maximum atomic E-state index is 12.6. The molecule has 0 saturated heterocycles. The molecule has 4 heteroatoms. The fourth-order valence-electron chi connectivity index (χ4n) is 3.67. The lowest BCUT2D eigenvalue weighted by Gasteiger charge is -2.24. The van der Waals surface area contributed by atoms with Crippen LogP contribution in [0.5, 0.6) is 0 Å². The Balaban J connectivity index is 1.73. The number of amides is 2. The van der Waals surface area contributed by atoms with Crippen LogP contribution in [0.2, 0.25) is 0 Å². The van der Waals surface area contributed by atoms with Gasteiger partial charge in [0.25, 0.3) is 0 Å². The summed E-state index contributed by atoms with van der Waals surface area (Å²) in [5.41, 5.74) is 7.39. The first-order valence-electron chi connectivity index (χ1n) is 7.86. The molecule has 1 heterocycles. The van der Waals surface area contributed by atoms with Crippen molar-refractivity contribution < 1.29 is 9.59 Å². The molecule has 0 radical (unpaired) electrons. The topological polar surface area (TPSA) is 63.4 Å². The third kappa shape index (κ3) is 2.80. The smallest absolute Gasteiger partial charge is 0.240 e. The van der Waals surface area contributed by atoms with Crippen LogP contribution < -0.4 is 10.6 Å². The summed E-state index contributed by atoms with van der Waals surface area (Å²) in [7, 11) is 0. The van der Waals surface area contributed by atoms with Crippen molar-refractivity contribution in [2.75, 3.05) is 4.90 Å². The van der Waals surface area contributed by atoms with E-state index in [2.05, 4.69) is 0 Å². The van der Waals surface area contributed by atoms with Crippen molar-refractivity contribution in [1.29, 1.82) is 0 Å². The highest BCUT2D eigenvalue weighted by Crippen LogP contribution is 2.34. The summed E-state index contributed by atoms with van der Waals surface area (Å²) in [6.45, 7) is 0. The molecule has 21 heavy (non-hydrogen) atoms. The number of rotatable bonds is 4. The molecule has 112 valence electrons. The fraction of sp³-hybridized carbons (Fsp3) is 0.529. The normalized spacial score (nSPS) is 21.5. The second kappa shape index (κ2) is 5.88. The highest BCUT2D eigenvalue weighted by molar-refractivity contribution is 6.03. The zero-order chi connectivity index (χ0) is 14.8. The maximum Gasteiger partial charge on any atom is 0.240 e. The Morgan fingerprint density at radius 1 is 1.19 bits per heavy atom. The molecule has 0 bridgehead atoms. The first-order chi connectivity index (χ1) is 10.2. The molecule has 4 nitrogen and oxygen atoms in total. The zero-order valence-corrected chi connectivity index (χ0v) is 12.3. The Morgan fingerprint density at radius 3 is 2.62 bits per heavy atom.